The first-order valence-electron chi connectivity index (χ1n) is 10.8. The van der Waals surface area contributed by atoms with Gasteiger partial charge in [-0.05, 0) is 43.9 Å². The zero-order valence-corrected chi connectivity index (χ0v) is 18.3. The number of aryl methyl sites for hydroxylation is 1. The van der Waals surface area contributed by atoms with Crippen molar-refractivity contribution in [3.8, 4) is 0 Å². The number of benzene rings is 1. The number of nitrogens with zero attached hydrogens (tertiary/aromatic N) is 3. The topological polar surface area (TPSA) is 96.2 Å². The van der Waals surface area contributed by atoms with Crippen molar-refractivity contribution >= 4 is 29.0 Å². The molecule has 10 heteroatoms. The first-order valence-corrected chi connectivity index (χ1v) is 10.8. The molecule has 7 nitrogen and oxygen atoms in total. The maximum Gasteiger partial charge on any atom is 0.416 e. The van der Waals surface area contributed by atoms with E-state index < -0.39 is 11.7 Å². The zero-order chi connectivity index (χ0) is 23.3. The fraction of sp³-hybridized carbons (Fsp3) is 0.500. The maximum absolute atomic E-state index is 13.2. The SMILES string of the molecule is CCCCc1cc(N2CCC[C@@H](NC(C)=O)C2)nc(Nc2cc(N)cc(C(F)(F)F)c2)n1. The zero-order valence-electron chi connectivity index (χ0n) is 18.3. The Balaban J connectivity index is 1.89. The molecule has 1 aliphatic rings. The second-order valence-corrected chi connectivity index (χ2v) is 8.10. The van der Waals surface area contributed by atoms with Crippen LogP contribution in [-0.4, -0.2) is 35.0 Å². The van der Waals surface area contributed by atoms with Gasteiger partial charge in [0.25, 0.3) is 0 Å². The van der Waals surface area contributed by atoms with E-state index in [0.717, 1.165) is 56.5 Å². The molecule has 0 unspecified atom stereocenters. The van der Waals surface area contributed by atoms with E-state index in [1.807, 2.05) is 6.07 Å². The van der Waals surface area contributed by atoms with Gasteiger partial charge in [0.1, 0.15) is 5.82 Å². The van der Waals surface area contributed by atoms with Crippen LogP contribution >= 0.6 is 0 Å². The number of halogens is 3. The molecule has 0 bridgehead atoms. The highest BCUT2D eigenvalue weighted by Gasteiger charge is 2.31. The Hall–Kier alpha value is -3.04. The van der Waals surface area contributed by atoms with E-state index >= 15 is 0 Å². The molecule has 0 spiro atoms. The van der Waals surface area contributed by atoms with Crippen molar-refractivity contribution < 1.29 is 18.0 Å². The first kappa shape index (κ1) is 23.6. The highest BCUT2D eigenvalue weighted by molar-refractivity contribution is 5.73. The Labute approximate surface area is 185 Å². The van der Waals surface area contributed by atoms with E-state index in [4.69, 9.17) is 5.73 Å². The van der Waals surface area contributed by atoms with Gasteiger partial charge in [0.15, 0.2) is 0 Å². The summed E-state index contributed by atoms with van der Waals surface area (Å²) in [7, 11) is 0. The summed E-state index contributed by atoms with van der Waals surface area (Å²) in [6, 6.07) is 5.24. The number of anilines is 4. The number of nitrogens with two attached hydrogens (primary N) is 1. The van der Waals surface area contributed by atoms with Crippen molar-refractivity contribution in [2.24, 2.45) is 0 Å². The lowest BCUT2D eigenvalue weighted by atomic mass is 10.1. The summed E-state index contributed by atoms with van der Waals surface area (Å²) in [6.45, 7) is 4.96. The van der Waals surface area contributed by atoms with Gasteiger partial charge < -0.3 is 21.3 Å². The highest BCUT2D eigenvalue weighted by Crippen LogP contribution is 2.33. The van der Waals surface area contributed by atoms with E-state index in [1.165, 1.54) is 13.0 Å². The normalized spacial score (nSPS) is 16.7. The van der Waals surface area contributed by atoms with E-state index in [2.05, 4.69) is 32.4 Å². The lowest BCUT2D eigenvalue weighted by molar-refractivity contribution is -0.137. The molecule has 32 heavy (non-hydrogen) atoms. The van der Waals surface area contributed by atoms with Gasteiger partial charge in [-0.2, -0.15) is 18.2 Å². The average Bonchev–Trinajstić information content (AvgIpc) is 2.71. The summed E-state index contributed by atoms with van der Waals surface area (Å²) in [5.41, 5.74) is 5.82. The van der Waals surface area contributed by atoms with E-state index in [0.29, 0.717) is 12.4 Å². The second-order valence-electron chi connectivity index (χ2n) is 8.10. The maximum atomic E-state index is 13.2. The molecule has 1 fully saturated rings. The van der Waals surface area contributed by atoms with Gasteiger partial charge in [0.2, 0.25) is 11.9 Å². The molecule has 1 aromatic carbocycles. The molecule has 1 aromatic heterocycles. The number of piperidine rings is 1. The summed E-state index contributed by atoms with van der Waals surface area (Å²) in [4.78, 5) is 22.6. The van der Waals surface area contributed by atoms with Crippen molar-refractivity contribution in [2.45, 2.75) is 58.2 Å². The van der Waals surface area contributed by atoms with Crippen LogP contribution in [0.1, 0.15) is 50.8 Å². The molecule has 0 radical (unpaired) electrons. The Morgan fingerprint density at radius 3 is 2.72 bits per heavy atom. The van der Waals surface area contributed by atoms with Crippen LogP contribution in [0.5, 0.6) is 0 Å². The molecule has 1 saturated heterocycles. The third-order valence-electron chi connectivity index (χ3n) is 5.24. The van der Waals surface area contributed by atoms with Crippen LogP contribution in [-0.2, 0) is 17.4 Å². The van der Waals surface area contributed by atoms with Crippen LogP contribution in [0.4, 0.5) is 36.3 Å². The number of hydrogen-bond acceptors (Lipinski definition) is 6. The molecule has 174 valence electrons. The number of carbonyl (C=O) groups excluding carboxylic acids is 1. The van der Waals surface area contributed by atoms with Crippen LogP contribution in [0.3, 0.4) is 0 Å². The number of rotatable bonds is 7. The molecule has 1 aliphatic heterocycles. The van der Waals surface area contributed by atoms with Crippen LogP contribution in [0, 0.1) is 0 Å². The summed E-state index contributed by atoms with van der Waals surface area (Å²) in [5, 5.41) is 5.85. The standard InChI is InChI=1S/C22H29F3N6O/c1-3-4-6-17-12-20(31-8-5-7-18(13-31)27-14(2)32)30-21(28-17)29-19-10-15(22(23,24)25)9-16(26)11-19/h9-12,18H,3-8,13,26H2,1-2H3,(H,27,32)(H,28,29,30)/t18-/m1/s1. The summed E-state index contributed by atoms with van der Waals surface area (Å²) in [5.74, 6) is 0.824. The minimum absolute atomic E-state index is 0.00105. The van der Waals surface area contributed by atoms with E-state index in [9.17, 15) is 18.0 Å². The molecule has 0 aliphatic carbocycles. The van der Waals surface area contributed by atoms with Crippen LogP contribution < -0.4 is 21.3 Å². The number of alkyl halides is 3. The molecule has 4 N–H and O–H groups in total. The van der Waals surface area contributed by atoms with E-state index in [1.54, 1.807) is 0 Å². The molecule has 2 heterocycles. The predicted octanol–water partition coefficient (Wildman–Crippen LogP) is 4.27. The predicted molar refractivity (Wildman–Crippen MR) is 119 cm³/mol. The molecular formula is C22H29F3N6O. The largest absolute Gasteiger partial charge is 0.416 e. The van der Waals surface area contributed by atoms with Crippen molar-refractivity contribution in [2.75, 3.05) is 29.0 Å². The van der Waals surface area contributed by atoms with Crippen LogP contribution in [0.2, 0.25) is 0 Å². The quantitative estimate of drug-likeness (QED) is 0.546. The Morgan fingerprint density at radius 1 is 1.25 bits per heavy atom. The fourth-order valence-electron chi connectivity index (χ4n) is 3.79. The number of nitrogens with one attached hydrogen (secondary N) is 2. The third kappa shape index (κ3) is 6.48. The lowest BCUT2D eigenvalue weighted by Crippen LogP contribution is -2.47. The average molecular weight is 451 g/mol. The number of aromatic nitrogens is 2. The van der Waals surface area contributed by atoms with Gasteiger partial charge in [-0.3, -0.25) is 4.79 Å². The van der Waals surface area contributed by atoms with Gasteiger partial charge in [0.05, 0.1) is 5.56 Å². The fourth-order valence-corrected chi connectivity index (χ4v) is 3.79. The summed E-state index contributed by atoms with van der Waals surface area (Å²) >= 11 is 0. The Bertz CT molecular complexity index is 950. The van der Waals surface area contributed by atoms with Gasteiger partial charge >= 0.3 is 6.18 Å². The first-order chi connectivity index (χ1) is 15.1. The molecular weight excluding hydrogens is 421 g/mol. The van der Waals surface area contributed by atoms with Gasteiger partial charge in [-0.15, -0.1) is 0 Å². The molecule has 3 rings (SSSR count). The minimum Gasteiger partial charge on any atom is -0.399 e. The molecule has 1 atom stereocenters. The third-order valence-corrected chi connectivity index (χ3v) is 5.24. The second kappa shape index (κ2) is 10.1. The van der Waals surface area contributed by atoms with Gasteiger partial charge in [-0.25, -0.2) is 4.98 Å². The number of nitrogen functional groups attached to an aromatic ring is 1. The summed E-state index contributed by atoms with van der Waals surface area (Å²) < 4.78 is 39.5. The van der Waals surface area contributed by atoms with Gasteiger partial charge in [-0.1, -0.05) is 13.3 Å². The number of unbranched alkanes of at least 4 members (excludes halogenated alkanes) is 1. The molecule has 0 saturated carbocycles. The van der Waals surface area contributed by atoms with Crippen molar-refractivity contribution in [3.05, 3.63) is 35.5 Å². The van der Waals surface area contributed by atoms with E-state index in [-0.39, 0.29) is 29.3 Å². The number of carbonyl (C=O) groups is 1. The highest BCUT2D eigenvalue weighted by atomic mass is 19.4. The Kier molecular flexibility index (Phi) is 7.42. The lowest BCUT2D eigenvalue weighted by Gasteiger charge is -2.34. The van der Waals surface area contributed by atoms with Crippen LogP contribution in [0.15, 0.2) is 24.3 Å². The molecule has 1 amide bonds. The van der Waals surface area contributed by atoms with Crippen molar-refractivity contribution in [3.63, 3.8) is 0 Å². The number of amides is 1. The smallest absolute Gasteiger partial charge is 0.399 e. The van der Waals surface area contributed by atoms with Crippen molar-refractivity contribution in [1.82, 2.24) is 15.3 Å². The van der Waals surface area contributed by atoms with Crippen LogP contribution in [0.25, 0.3) is 0 Å². The van der Waals surface area contributed by atoms with Crippen molar-refractivity contribution in [1.29, 1.82) is 0 Å². The monoisotopic (exact) mass is 450 g/mol. The Morgan fingerprint density at radius 2 is 2.03 bits per heavy atom. The van der Waals surface area contributed by atoms with Gasteiger partial charge in [0, 0.05) is 49.2 Å². The minimum atomic E-state index is -4.51. The molecule has 2 aromatic rings. The number of hydrogen-bond donors (Lipinski definition) is 3. The summed E-state index contributed by atoms with van der Waals surface area (Å²) in [6.07, 6.45) is -0.0755.